The summed E-state index contributed by atoms with van der Waals surface area (Å²) in [6, 6.07) is 16.7. The molecule has 1 aliphatic heterocycles. The molecule has 4 heterocycles. The van der Waals surface area contributed by atoms with E-state index in [1.165, 1.54) is 22.6 Å². The van der Waals surface area contributed by atoms with Gasteiger partial charge in [0, 0.05) is 49.2 Å². The standard InChI is InChI=1S/C20H18N4OS/c25-18-13-16(21-20-24(18)11-12-26-20)14-23-10-9-22-8-4-7-17(22)19(23)15-5-2-1-3-6-15/h1-8,11-13,19H,9-10,14H2/t19-/m0/s1. The Hall–Kier alpha value is -2.70. The third-order valence-electron chi connectivity index (χ3n) is 4.97. The molecule has 0 N–H and O–H groups in total. The molecule has 5 rings (SSSR count). The minimum atomic E-state index is -0.0112. The second-order valence-electron chi connectivity index (χ2n) is 6.55. The van der Waals surface area contributed by atoms with E-state index >= 15 is 0 Å². The third-order valence-corrected chi connectivity index (χ3v) is 5.73. The predicted octanol–water partition coefficient (Wildman–Crippen LogP) is 3.16. The van der Waals surface area contributed by atoms with Crippen LogP contribution in [0.15, 0.2) is 71.1 Å². The molecule has 0 unspecified atom stereocenters. The van der Waals surface area contributed by atoms with Gasteiger partial charge in [-0.1, -0.05) is 30.3 Å². The van der Waals surface area contributed by atoms with Gasteiger partial charge in [-0.15, -0.1) is 11.3 Å². The number of aromatic nitrogens is 3. The van der Waals surface area contributed by atoms with E-state index in [2.05, 4.69) is 52.1 Å². The number of hydrogen-bond donors (Lipinski definition) is 0. The van der Waals surface area contributed by atoms with E-state index in [0.717, 1.165) is 23.7 Å². The van der Waals surface area contributed by atoms with Crippen LogP contribution in [0.4, 0.5) is 0 Å². The molecule has 6 heteroatoms. The van der Waals surface area contributed by atoms with Crippen LogP contribution in [0.1, 0.15) is 23.0 Å². The van der Waals surface area contributed by atoms with Crippen molar-refractivity contribution in [1.82, 2.24) is 18.9 Å². The lowest BCUT2D eigenvalue weighted by Crippen LogP contribution is -2.38. The zero-order valence-corrected chi connectivity index (χ0v) is 15.0. The lowest BCUT2D eigenvalue weighted by atomic mass is 10.00. The fourth-order valence-corrected chi connectivity index (χ4v) is 4.53. The summed E-state index contributed by atoms with van der Waals surface area (Å²) in [7, 11) is 0. The Morgan fingerprint density at radius 2 is 1.96 bits per heavy atom. The molecule has 5 nitrogen and oxygen atoms in total. The van der Waals surface area contributed by atoms with Gasteiger partial charge in [0.1, 0.15) is 0 Å². The van der Waals surface area contributed by atoms with Crippen LogP contribution in [0, 0.1) is 0 Å². The smallest absolute Gasteiger partial charge is 0.258 e. The van der Waals surface area contributed by atoms with Crippen molar-refractivity contribution in [2.24, 2.45) is 0 Å². The maximum absolute atomic E-state index is 12.3. The van der Waals surface area contributed by atoms with Crippen LogP contribution in [-0.4, -0.2) is 25.4 Å². The van der Waals surface area contributed by atoms with Gasteiger partial charge in [0.2, 0.25) is 0 Å². The van der Waals surface area contributed by atoms with E-state index in [9.17, 15) is 4.79 Å². The molecule has 26 heavy (non-hydrogen) atoms. The quantitative estimate of drug-likeness (QED) is 0.562. The van der Waals surface area contributed by atoms with Crippen molar-refractivity contribution in [3.8, 4) is 0 Å². The highest BCUT2D eigenvalue weighted by molar-refractivity contribution is 7.15. The first-order valence-electron chi connectivity index (χ1n) is 8.69. The summed E-state index contributed by atoms with van der Waals surface area (Å²) in [4.78, 5) is 20.2. The lowest BCUT2D eigenvalue weighted by molar-refractivity contribution is 0.172. The second-order valence-corrected chi connectivity index (χ2v) is 7.42. The van der Waals surface area contributed by atoms with Crippen molar-refractivity contribution in [2.75, 3.05) is 6.54 Å². The van der Waals surface area contributed by atoms with Crippen molar-refractivity contribution < 1.29 is 0 Å². The zero-order valence-electron chi connectivity index (χ0n) is 14.2. The molecular weight excluding hydrogens is 344 g/mol. The number of hydrogen-bond acceptors (Lipinski definition) is 4. The SMILES string of the molecule is O=c1cc(CN2CCn3cccc3[C@@H]2c2ccccc2)nc2sccn12. The molecule has 0 saturated heterocycles. The van der Waals surface area contributed by atoms with Crippen LogP contribution in [0.25, 0.3) is 4.96 Å². The Bertz CT molecular complexity index is 1110. The Morgan fingerprint density at radius 3 is 2.85 bits per heavy atom. The molecule has 1 aromatic carbocycles. The Kier molecular flexibility index (Phi) is 3.72. The van der Waals surface area contributed by atoms with Crippen molar-refractivity contribution in [2.45, 2.75) is 19.1 Å². The maximum Gasteiger partial charge on any atom is 0.258 e. The molecule has 0 amide bonds. The Labute approximate surface area is 154 Å². The maximum atomic E-state index is 12.3. The average molecular weight is 362 g/mol. The molecule has 0 radical (unpaired) electrons. The summed E-state index contributed by atoms with van der Waals surface area (Å²) in [6.45, 7) is 2.53. The van der Waals surface area contributed by atoms with Crippen molar-refractivity contribution >= 4 is 16.3 Å². The number of fused-ring (bicyclic) bond motifs is 2. The van der Waals surface area contributed by atoms with Crippen LogP contribution in [0.2, 0.25) is 0 Å². The summed E-state index contributed by atoms with van der Waals surface area (Å²) >= 11 is 1.49. The van der Waals surface area contributed by atoms with E-state index in [1.807, 2.05) is 11.4 Å². The topological polar surface area (TPSA) is 42.5 Å². The van der Waals surface area contributed by atoms with E-state index in [0.29, 0.717) is 6.54 Å². The van der Waals surface area contributed by atoms with Gasteiger partial charge in [0.25, 0.3) is 5.56 Å². The summed E-state index contributed by atoms with van der Waals surface area (Å²) in [5.41, 5.74) is 3.37. The second kappa shape index (κ2) is 6.23. The number of rotatable bonds is 3. The van der Waals surface area contributed by atoms with Crippen LogP contribution in [-0.2, 0) is 13.1 Å². The molecule has 0 fully saturated rings. The molecule has 0 saturated carbocycles. The highest BCUT2D eigenvalue weighted by Gasteiger charge is 2.29. The van der Waals surface area contributed by atoms with Gasteiger partial charge in [-0.25, -0.2) is 4.98 Å². The number of benzene rings is 1. The first-order valence-corrected chi connectivity index (χ1v) is 9.57. The fourth-order valence-electron chi connectivity index (χ4n) is 3.80. The first-order chi connectivity index (χ1) is 12.8. The molecule has 1 atom stereocenters. The minimum Gasteiger partial charge on any atom is -0.348 e. The van der Waals surface area contributed by atoms with Gasteiger partial charge in [-0.3, -0.25) is 14.1 Å². The van der Waals surface area contributed by atoms with Crippen LogP contribution in [0.3, 0.4) is 0 Å². The predicted molar refractivity (Wildman–Crippen MR) is 102 cm³/mol. The summed E-state index contributed by atoms with van der Waals surface area (Å²) in [6.07, 6.45) is 3.92. The molecule has 0 spiro atoms. The van der Waals surface area contributed by atoms with Crippen LogP contribution >= 0.6 is 11.3 Å². The molecule has 130 valence electrons. The monoisotopic (exact) mass is 362 g/mol. The summed E-state index contributed by atoms with van der Waals surface area (Å²) < 4.78 is 3.92. The zero-order chi connectivity index (χ0) is 17.5. The van der Waals surface area contributed by atoms with Crippen molar-refractivity contribution in [3.63, 3.8) is 0 Å². The van der Waals surface area contributed by atoms with Gasteiger partial charge in [-0.2, -0.15) is 0 Å². The van der Waals surface area contributed by atoms with E-state index in [-0.39, 0.29) is 11.6 Å². The normalized spacial score (nSPS) is 17.5. The van der Waals surface area contributed by atoms with Gasteiger partial charge < -0.3 is 4.57 Å². The number of nitrogens with zero attached hydrogens (tertiary/aromatic N) is 4. The highest BCUT2D eigenvalue weighted by Crippen LogP contribution is 2.33. The molecule has 4 aromatic rings. The molecule has 3 aromatic heterocycles. The summed E-state index contributed by atoms with van der Waals surface area (Å²) in [5.74, 6) is 0. The minimum absolute atomic E-state index is 0.0112. The molecule has 1 aliphatic rings. The highest BCUT2D eigenvalue weighted by atomic mass is 32.1. The van der Waals surface area contributed by atoms with E-state index in [1.54, 1.807) is 16.7 Å². The fraction of sp³-hybridized carbons (Fsp3) is 0.200. The van der Waals surface area contributed by atoms with Crippen molar-refractivity contribution in [1.29, 1.82) is 0 Å². The van der Waals surface area contributed by atoms with E-state index < -0.39 is 0 Å². The molecular formula is C20H18N4OS. The lowest BCUT2D eigenvalue weighted by Gasteiger charge is -2.37. The largest absolute Gasteiger partial charge is 0.348 e. The van der Waals surface area contributed by atoms with Crippen LogP contribution in [0.5, 0.6) is 0 Å². The summed E-state index contributed by atoms with van der Waals surface area (Å²) in [5, 5.41) is 1.90. The van der Waals surface area contributed by atoms with Gasteiger partial charge in [0.05, 0.1) is 11.7 Å². The van der Waals surface area contributed by atoms with Crippen molar-refractivity contribution in [3.05, 3.63) is 93.6 Å². The average Bonchev–Trinajstić information content (AvgIpc) is 3.31. The van der Waals surface area contributed by atoms with Gasteiger partial charge >= 0.3 is 0 Å². The van der Waals surface area contributed by atoms with Gasteiger partial charge in [0.15, 0.2) is 4.96 Å². The Morgan fingerprint density at radius 1 is 1.08 bits per heavy atom. The van der Waals surface area contributed by atoms with Gasteiger partial charge in [-0.05, 0) is 17.7 Å². The Balaban J connectivity index is 1.55. The van der Waals surface area contributed by atoms with Crippen LogP contribution < -0.4 is 5.56 Å². The first kappa shape index (κ1) is 15.5. The molecule has 0 aliphatic carbocycles. The molecule has 0 bridgehead atoms. The number of thiazole rings is 1. The van der Waals surface area contributed by atoms with E-state index in [4.69, 9.17) is 4.98 Å². The third kappa shape index (κ3) is 2.58.